The van der Waals surface area contributed by atoms with E-state index in [9.17, 15) is 4.79 Å². The van der Waals surface area contributed by atoms with Gasteiger partial charge in [0, 0.05) is 23.9 Å². The smallest absolute Gasteiger partial charge is 0.222 e. The van der Waals surface area contributed by atoms with Crippen LogP contribution < -0.4 is 0 Å². The molecular formula is C15H23NOS. The lowest BCUT2D eigenvalue weighted by molar-refractivity contribution is -0.135. The van der Waals surface area contributed by atoms with Crippen LogP contribution >= 0.6 is 11.3 Å². The Morgan fingerprint density at radius 3 is 3.11 bits per heavy atom. The normalized spacial score (nSPS) is 20.1. The van der Waals surface area contributed by atoms with Crippen molar-refractivity contribution in [3.8, 4) is 0 Å². The Labute approximate surface area is 114 Å². The zero-order valence-corrected chi connectivity index (χ0v) is 12.0. The van der Waals surface area contributed by atoms with Crippen LogP contribution in [0.4, 0.5) is 0 Å². The molecule has 2 nitrogen and oxygen atoms in total. The van der Waals surface area contributed by atoms with E-state index in [1.165, 1.54) is 24.1 Å². The summed E-state index contributed by atoms with van der Waals surface area (Å²) >= 11 is 1.79. The maximum Gasteiger partial charge on any atom is 0.222 e. The van der Waals surface area contributed by atoms with Gasteiger partial charge < -0.3 is 4.90 Å². The molecule has 0 N–H and O–H groups in total. The molecular weight excluding hydrogens is 242 g/mol. The van der Waals surface area contributed by atoms with Crippen LogP contribution in [-0.4, -0.2) is 23.4 Å². The Morgan fingerprint density at radius 1 is 1.50 bits per heavy atom. The molecule has 1 amide bonds. The highest BCUT2D eigenvalue weighted by atomic mass is 32.1. The first-order chi connectivity index (χ1) is 8.81. The van der Waals surface area contributed by atoms with E-state index in [4.69, 9.17) is 0 Å². The number of thiophene rings is 1. The van der Waals surface area contributed by atoms with Crippen LogP contribution in [0, 0.1) is 0 Å². The van der Waals surface area contributed by atoms with E-state index in [2.05, 4.69) is 29.3 Å². The van der Waals surface area contributed by atoms with Gasteiger partial charge in [-0.25, -0.2) is 0 Å². The molecule has 1 aliphatic heterocycles. The van der Waals surface area contributed by atoms with Gasteiger partial charge in [-0.2, -0.15) is 0 Å². The van der Waals surface area contributed by atoms with E-state index in [0.717, 1.165) is 25.8 Å². The summed E-state index contributed by atoms with van der Waals surface area (Å²) in [6.07, 6.45) is 7.54. The fourth-order valence-corrected chi connectivity index (χ4v) is 3.52. The maximum atomic E-state index is 12.2. The highest BCUT2D eigenvalue weighted by molar-refractivity contribution is 7.09. The SMILES string of the molecule is CCC1CCCCN1C(=O)CCCc1cccs1. The third-order valence-corrected chi connectivity index (χ3v) is 4.75. The van der Waals surface area contributed by atoms with Crippen molar-refractivity contribution < 1.29 is 4.79 Å². The summed E-state index contributed by atoms with van der Waals surface area (Å²) < 4.78 is 0. The summed E-state index contributed by atoms with van der Waals surface area (Å²) in [6, 6.07) is 4.75. The molecule has 0 bridgehead atoms. The maximum absolute atomic E-state index is 12.2. The number of nitrogens with zero attached hydrogens (tertiary/aromatic N) is 1. The van der Waals surface area contributed by atoms with Gasteiger partial charge >= 0.3 is 0 Å². The van der Waals surface area contributed by atoms with Gasteiger partial charge in [0.1, 0.15) is 0 Å². The molecule has 1 aliphatic rings. The van der Waals surface area contributed by atoms with Crippen molar-refractivity contribution in [2.24, 2.45) is 0 Å². The van der Waals surface area contributed by atoms with Crippen molar-refractivity contribution in [3.05, 3.63) is 22.4 Å². The van der Waals surface area contributed by atoms with Gasteiger partial charge in [0.05, 0.1) is 0 Å². The lowest BCUT2D eigenvalue weighted by atomic mass is 9.99. The summed E-state index contributed by atoms with van der Waals surface area (Å²) in [7, 11) is 0. The third kappa shape index (κ3) is 3.58. The molecule has 1 fully saturated rings. The van der Waals surface area contributed by atoms with Crippen molar-refractivity contribution in [2.75, 3.05) is 6.54 Å². The summed E-state index contributed by atoms with van der Waals surface area (Å²) in [5.74, 6) is 0.373. The number of carbonyl (C=O) groups is 1. The topological polar surface area (TPSA) is 20.3 Å². The van der Waals surface area contributed by atoms with Crippen molar-refractivity contribution in [2.45, 2.75) is 57.9 Å². The number of carbonyl (C=O) groups excluding carboxylic acids is 1. The molecule has 0 saturated carbocycles. The number of amides is 1. The predicted molar refractivity (Wildman–Crippen MR) is 76.9 cm³/mol. The van der Waals surface area contributed by atoms with Gasteiger partial charge in [0.2, 0.25) is 5.91 Å². The largest absolute Gasteiger partial charge is 0.340 e. The fraction of sp³-hybridized carbons (Fsp3) is 0.667. The number of rotatable bonds is 5. The Bertz CT molecular complexity index is 361. The van der Waals surface area contributed by atoms with Crippen molar-refractivity contribution in [1.29, 1.82) is 0 Å². The first-order valence-corrected chi connectivity index (χ1v) is 8.01. The van der Waals surface area contributed by atoms with Crippen LogP contribution in [-0.2, 0) is 11.2 Å². The molecule has 0 aromatic carbocycles. The van der Waals surface area contributed by atoms with E-state index in [1.54, 1.807) is 11.3 Å². The van der Waals surface area contributed by atoms with Gasteiger partial charge in [0.15, 0.2) is 0 Å². The molecule has 100 valence electrons. The summed E-state index contributed by atoms with van der Waals surface area (Å²) in [4.78, 5) is 15.8. The number of hydrogen-bond donors (Lipinski definition) is 0. The molecule has 2 heterocycles. The molecule has 3 heteroatoms. The summed E-state index contributed by atoms with van der Waals surface area (Å²) in [5.41, 5.74) is 0. The van der Waals surface area contributed by atoms with E-state index in [1.807, 2.05) is 0 Å². The summed E-state index contributed by atoms with van der Waals surface area (Å²) in [5, 5.41) is 2.11. The lowest BCUT2D eigenvalue weighted by Gasteiger charge is -2.35. The van der Waals surface area contributed by atoms with Crippen LogP contribution in [0.15, 0.2) is 17.5 Å². The second-order valence-electron chi connectivity index (χ2n) is 5.08. The third-order valence-electron chi connectivity index (χ3n) is 3.81. The average molecular weight is 265 g/mol. The van der Waals surface area contributed by atoms with E-state index in [0.29, 0.717) is 18.4 Å². The molecule has 18 heavy (non-hydrogen) atoms. The highest BCUT2D eigenvalue weighted by Crippen LogP contribution is 2.21. The Morgan fingerprint density at radius 2 is 2.39 bits per heavy atom. The Kier molecular flexibility index (Phi) is 5.24. The molecule has 0 aliphatic carbocycles. The molecule has 1 unspecified atom stereocenters. The van der Waals surface area contributed by atoms with Crippen molar-refractivity contribution in [3.63, 3.8) is 0 Å². The van der Waals surface area contributed by atoms with E-state index in [-0.39, 0.29) is 0 Å². The molecule has 1 aromatic heterocycles. The van der Waals surface area contributed by atoms with Crippen LogP contribution in [0.1, 0.15) is 50.3 Å². The minimum atomic E-state index is 0.373. The van der Waals surface area contributed by atoms with E-state index >= 15 is 0 Å². The molecule has 2 rings (SSSR count). The minimum absolute atomic E-state index is 0.373. The quantitative estimate of drug-likeness (QED) is 0.791. The van der Waals surface area contributed by atoms with E-state index < -0.39 is 0 Å². The number of aryl methyl sites for hydroxylation is 1. The van der Waals surface area contributed by atoms with Gasteiger partial charge in [-0.3, -0.25) is 4.79 Å². The molecule has 0 spiro atoms. The zero-order valence-electron chi connectivity index (χ0n) is 11.2. The van der Waals surface area contributed by atoms with Gasteiger partial charge in [-0.1, -0.05) is 13.0 Å². The predicted octanol–water partition coefficient (Wildman–Crippen LogP) is 3.86. The Hall–Kier alpha value is -0.830. The van der Waals surface area contributed by atoms with Crippen molar-refractivity contribution >= 4 is 17.2 Å². The fourth-order valence-electron chi connectivity index (χ4n) is 2.77. The van der Waals surface area contributed by atoms with Crippen LogP contribution in [0.5, 0.6) is 0 Å². The monoisotopic (exact) mass is 265 g/mol. The standard InChI is InChI=1S/C15H23NOS/c1-2-13-7-3-4-11-16(13)15(17)10-5-8-14-9-6-12-18-14/h6,9,12-13H,2-5,7-8,10-11H2,1H3. The first-order valence-electron chi connectivity index (χ1n) is 7.13. The number of hydrogen-bond acceptors (Lipinski definition) is 2. The van der Waals surface area contributed by atoms with Crippen molar-refractivity contribution in [1.82, 2.24) is 4.90 Å². The van der Waals surface area contributed by atoms with Crippen LogP contribution in [0.3, 0.4) is 0 Å². The first kappa shape index (κ1) is 13.6. The zero-order chi connectivity index (χ0) is 12.8. The second kappa shape index (κ2) is 6.93. The lowest BCUT2D eigenvalue weighted by Crippen LogP contribution is -2.43. The second-order valence-corrected chi connectivity index (χ2v) is 6.11. The molecule has 1 saturated heterocycles. The average Bonchev–Trinajstić information content (AvgIpc) is 2.91. The van der Waals surface area contributed by atoms with Gasteiger partial charge in [-0.15, -0.1) is 11.3 Å². The molecule has 1 atom stereocenters. The van der Waals surface area contributed by atoms with Crippen LogP contribution in [0.25, 0.3) is 0 Å². The van der Waals surface area contributed by atoms with Crippen LogP contribution in [0.2, 0.25) is 0 Å². The molecule has 0 radical (unpaired) electrons. The van der Waals surface area contributed by atoms with Gasteiger partial charge in [0.25, 0.3) is 0 Å². The molecule has 1 aromatic rings. The Balaban J connectivity index is 1.76. The minimum Gasteiger partial charge on any atom is -0.340 e. The summed E-state index contributed by atoms with van der Waals surface area (Å²) in [6.45, 7) is 3.18. The number of likely N-dealkylation sites (tertiary alicyclic amines) is 1. The van der Waals surface area contributed by atoms with Gasteiger partial charge in [-0.05, 0) is 50.0 Å². The number of piperidine rings is 1. The highest BCUT2D eigenvalue weighted by Gasteiger charge is 2.24.